The smallest absolute Gasteiger partial charge is 0.311 e. The van der Waals surface area contributed by atoms with E-state index in [-0.39, 0.29) is 23.4 Å². The van der Waals surface area contributed by atoms with Gasteiger partial charge in [-0.1, -0.05) is 129 Å². The number of hydrogen-bond acceptors (Lipinski definition) is 7. The van der Waals surface area contributed by atoms with Gasteiger partial charge in [0, 0.05) is 36.1 Å². The molecule has 7 nitrogen and oxygen atoms in total. The normalized spacial score (nSPS) is 11.9. The molecule has 2 N–H and O–H groups in total. The van der Waals surface area contributed by atoms with Gasteiger partial charge >= 0.3 is 11.9 Å². The molecule has 0 fully saturated rings. The van der Waals surface area contributed by atoms with Crippen LogP contribution in [0.1, 0.15) is 166 Å². The van der Waals surface area contributed by atoms with Gasteiger partial charge < -0.3 is 24.4 Å². The molecule has 268 valence electrons. The number of phenolic OH excluding ortho intramolecular Hbond substituents is 1. The Hall–Kier alpha value is -3.32. The van der Waals surface area contributed by atoms with E-state index < -0.39 is 6.10 Å². The van der Waals surface area contributed by atoms with Crippen molar-refractivity contribution in [3.63, 3.8) is 0 Å². The van der Waals surface area contributed by atoms with Crippen molar-refractivity contribution in [1.82, 2.24) is 0 Å². The molecule has 2 aromatic rings. The summed E-state index contributed by atoms with van der Waals surface area (Å²) in [4.78, 5) is 25.4. The van der Waals surface area contributed by atoms with Gasteiger partial charge in [-0.25, -0.2) is 0 Å². The molecule has 2 aromatic carbocycles. The van der Waals surface area contributed by atoms with E-state index in [0.717, 1.165) is 38.5 Å². The summed E-state index contributed by atoms with van der Waals surface area (Å²) in [5.74, 6) is 0.330. The molecule has 48 heavy (non-hydrogen) atoms. The fourth-order valence-electron chi connectivity index (χ4n) is 5.65. The second-order valence-electron chi connectivity index (χ2n) is 12.8. The van der Waals surface area contributed by atoms with Gasteiger partial charge in [0.15, 0.2) is 0 Å². The molecular formula is C41H62O7. The number of aromatic hydroxyl groups is 1. The summed E-state index contributed by atoms with van der Waals surface area (Å²) in [6.07, 6.45) is 23.6. The average molecular weight is 667 g/mol. The van der Waals surface area contributed by atoms with Crippen molar-refractivity contribution in [3.05, 3.63) is 53.6 Å². The molecule has 0 aliphatic carbocycles. The first-order valence-electron chi connectivity index (χ1n) is 18.7. The number of aliphatic hydroxyl groups is 1. The van der Waals surface area contributed by atoms with Gasteiger partial charge in [0.05, 0.1) is 6.61 Å². The number of carbonyl (C=O) groups excluding carboxylic acids is 2. The Labute approximate surface area is 290 Å². The minimum atomic E-state index is -1.11. The number of aliphatic hydroxyl groups excluding tert-OH is 1. The summed E-state index contributed by atoms with van der Waals surface area (Å²) in [6.45, 7) is 6.76. The van der Waals surface area contributed by atoms with E-state index in [1.165, 1.54) is 89.2 Å². The van der Waals surface area contributed by atoms with Crippen LogP contribution in [0.25, 0.3) is 6.08 Å². The Bertz CT molecular complexity index is 1210. The van der Waals surface area contributed by atoms with Crippen LogP contribution in [0.5, 0.6) is 23.0 Å². The van der Waals surface area contributed by atoms with Gasteiger partial charge in [0.2, 0.25) is 0 Å². The van der Waals surface area contributed by atoms with E-state index in [4.69, 9.17) is 14.2 Å². The van der Waals surface area contributed by atoms with Crippen LogP contribution in [0.15, 0.2) is 42.5 Å². The Morgan fingerprint density at radius 3 is 1.67 bits per heavy atom. The van der Waals surface area contributed by atoms with Crippen molar-refractivity contribution in [2.24, 2.45) is 0 Å². The lowest BCUT2D eigenvalue weighted by Gasteiger charge is -2.13. The molecule has 0 saturated heterocycles. The average Bonchev–Trinajstić information content (AvgIpc) is 3.06. The number of esters is 2. The third-order valence-electron chi connectivity index (χ3n) is 8.50. The molecule has 0 aliphatic heterocycles. The Morgan fingerprint density at radius 1 is 0.646 bits per heavy atom. The molecule has 2 rings (SSSR count). The fraction of sp³-hybridized carbons (Fsp3) is 0.610. The maximum absolute atomic E-state index is 12.8. The first-order valence-corrected chi connectivity index (χ1v) is 18.7. The van der Waals surface area contributed by atoms with Crippen LogP contribution in [0.4, 0.5) is 0 Å². The predicted octanol–water partition coefficient (Wildman–Crippen LogP) is 11.2. The van der Waals surface area contributed by atoms with Crippen LogP contribution < -0.4 is 14.2 Å². The van der Waals surface area contributed by atoms with E-state index in [2.05, 4.69) is 13.8 Å². The van der Waals surface area contributed by atoms with Gasteiger partial charge in [0.1, 0.15) is 29.1 Å². The van der Waals surface area contributed by atoms with Crippen molar-refractivity contribution < 1.29 is 34.0 Å². The number of phenols is 1. The summed E-state index contributed by atoms with van der Waals surface area (Å²) in [5, 5.41) is 21.2. The number of carbonyl (C=O) groups is 2. The van der Waals surface area contributed by atoms with E-state index in [0.29, 0.717) is 42.1 Å². The van der Waals surface area contributed by atoms with Crippen LogP contribution in [0, 0.1) is 0 Å². The van der Waals surface area contributed by atoms with E-state index in [1.54, 1.807) is 36.4 Å². The second-order valence-corrected chi connectivity index (χ2v) is 12.8. The van der Waals surface area contributed by atoms with Crippen LogP contribution in [0.3, 0.4) is 0 Å². The maximum atomic E-state index is 12.8. The zero-order chi connectivity index (χ0) is 34.8. The number of benzene rings is 2. The molecule has 0 aliphatic rings. The van der Waals surface area contributed by atoms with Gasteiger partial charge in [-0.2, -0.15) is 0 Å². The van der Waals surface area contributed by atoms with Gasteiger partial charge in [-0.3, -0.25) is 9.59 Å². The summed E-state index contributed by atoms with van der Waals surface area (Å²) >= 11 is 0. The van der Waals surface area contributed by atoms with Crippen molar-refractivity contribution in [2.45, 2.75) is 155 Å². The molecule has 0 spiro atoms. The van der Waals surface area contributed by atoms with Gasteiger partial charge in [-0.15, -0.1) is 0 Å². The van der Waals surface area contributed by atoms with E-state index >= 15 is 0 Å². The minimum Gasteiger partial charge on any atom is -0.507 e. The quantitative estimate of drug-likeness (QED) is 0.0555. The second kappa shape index (κ2) is 25.7. The molecule has 1 unspecified atom stereocenters. The van der Waals surface area contributed by atoms with Crippen LogP contribution in [-0.4, -0.2) is 28.8 Å². The minimum absolute atomic E-state index is 0.0834. The monoisotopic (exact) mass is 666 g/mol. The number of ether oxygens (including phenoxy) is 3. The van der Waals surface area contributed by atoms with Gasteiger partial charge in [0.25, 0.3) is 0 Å². The standard InChI is InChI=1S/C41H62O7/c1-4-7-9-11-13-15-17-19-21-23-40(44)47-35-27-25-33(26-30-37(42)36-29-28-34(46-6-3)31-38(36)43)39(32-35)48-41(45)24-22-20-18-16-14-12-10-8-5-2/h25-32,37,42-43H,4-24H2,1-3H3. The van der Waals surface area contributed by atoms with Crippen molar-refractivity contribution >= 4 is 18.0 Å². The Balaban J connectivity index is 1.98. The van der Waals surface area contributed by atoms with Crippen LogP contribution in [-0.2, 0) is 9.59 Å². The SMILES string of the molecule is CCCCCCCCCCCC(=O)Oc1ccc(C=CC(O)c2ccc(OCC)cc2O)c(OC(=O)CCCCCCCCCCC)c1. The fourth-order valence-corrected chi connectivity index (χ4v) is 5.65. The molecule has 1 atom stereocenters. The first kappa shape index (κ1) is 40.9. The zero-order valence-electron chi connectivity index (χ0n) is 30.0. The van der Waals surface area contributed by atoms with Gasteiger partial charge in [-0.05, 0) is 44.0 Å². The largest absolute Gasteiger partial charge is 0.507 e. The molecule has 0 amide bonds. The number of unbranched alkanes of at least 4 members (excludes halogenated alkanes) is 16. The highest BCUT2D eigenvalue weighted by Gasteiger charge is 2.14. The third kappa shape index (κ3) is 17.7. The third-order valence-corrected chi connectivity index (χ3v) is 8.50. The summed E-state index contributed by atoms with van der Waals surface area (Å²) < 4.78 is 16.8. The lowest BCUT2D eigenvalue weighted by Crippen LogP contribution is -2.10. The van der Waals surface area contributed by atoms with E-state index in [9.17, 15) is 19.8 Å². The number of rotatable bonds is 27. The van der Waals surface area contributed by atoms with Crippen LogP contribution in [0.2, 0.25) is 0 Å². The lowest BCUT2D eigenvalue weighted by atomic mass is 10.1. The highest BCUT2D eigenvalue weighted by atomic mass is 16.5. The highest BCUT2D eigenvalue weighted by Crippen LogP contribution is 2.32. The molecule has 0 heterocycles. The topological polar surface area (TPSA) is 102 Å². The molecule has 0 bridgehead atoms. The van der Waals surface area contributed by atoms with Crippen molar-refractivity contribution in [3.8, 4) is 23.0 Å². The summed E-state index contributed by atoms with van der Waals surface area (Å²) in [5.41, 5.74) is 0.860. The molecular weight excluding hydrogens is 604 g/mol. The molecule has 0 saturated carbocycles. The lowest BCUT2D eigenvalue weighted by molar-refractivity contribution is -0.135. The molecule has 0 radical (unpaired) electrons. The zero-order valence-corrected chi connectivity index (χ0v) is 30.0. The predicted molar refractivity (Wildman–Crippen MR) is 195 cm³/mol. The molecule has 7 heteroatoms. The highest BCUT2D eigenvalue weighted by molar-refractivity contribution is 5.76. The first-order chi connectivity index (χ1) is 23.4. The summed E-state index contributed by atoms with van der Waals surface area (Å²) in [6, 6.07) is 9.68. The maximum Gasteiger partial charge on any atom is 0.311 e. The van der Waals surface area contributed by atoms with Crippen molar-refractivity contribution in [2.75, 3.05) is 6.61 Å². The Morgan fingerprint density at radius 2 is 1.15 bits per heavy atom. The van der Waals surface area contributed by atoms with Crippen LogP contribution >= 0.6 is 0 Å². The molecule has 0 aromatic heterocycles. The Kier molecular flexibility index (Phi) is 21.8. The van der Waals surface area contributed by atoms with Crippen molar-refractivity contribution in [1.29, 1.82) is 0 Å². The summed E-state index contributed by atoms with van der Waals surface area (Å²) in [7, 11) is 0. The number of hydrogen-bond donors (Lipinski definition) is 2. The van der Waals surface area contributed by atoms with E-state index in [1.807, 2.05) is 6.92 Å².